The fourth-order valence-corrected chi connectivity index (χ4v) is 2.05. The highest BCUT2D eigenvalue weighted by molar-refractivity contribution is 6.03. The van der Waals surface area contributed by atoms with Crippen molar-refractivity contribution in [3.05, 3.63) is 26.4 Å². The van der Waals surface area contributed by atoms with Crippen molar-refractivity contribution >= 4 is 17.7 Å². The molecule has 0 saturated heterocycles. The lowest BCUT2D eigenvalue weighted by molar-refractivity contribution is -0.138. The first kappa shape index (κ1) is 12.1. The Bertz CT molecular complexity index is 642. The van der Waals surface area contributed by atoms with Gasteiger partial charge in [-0.1, -0.05) is 0 Å². The molecule has 18 heavy (non-hydrogen) atoms. The topological polar surface area (TPSA) is 121 Å². The minimum atomic E-state index is -1.18. The molecule has 1 amide bonds. The maximum atomic E-state index is 11.7. The summed E-state index contributed by atoms with van der Waals surface area (Å²) in [6.45, 7) is 1.94. The molecule has 8 nitrogen and oxygen atoms in total. The highest BCUT2D eigenvalue weighted by Gasteiger charge is 2.37. The zero-order valence-corrected chi connectivity index (χ0v) is 9.52. The van der Waals surface area contributed by atoms with Crippen LogP contribution in [0.25, 0.3) is 0 Å². The van der Waals surface area contributed by atoms with Gasteiger partial charge in [-0.05, 0) is 6.92 Å². The molecular weight excluding hydrogens is 242 g/mol. The second kappa shape index (κ2) is 4.13. The number of hydrogen-bond acceptors (Lipinski definition) is 4. The van der Waals surface area contributed by atoms with Crippen molar-refractivity contribution in [1.29, 1.82) is 0 Å². The van der Waals surface area contributed by atoms with Gasteiger partial charge in [0, 0.05) is 6.54 Å². The summed E-state index contributed by atoms with van der Waals surface area (Å²) >= 11 is 0. The van der Waals surface area contributed by atoms with Crippen molar-refractivity contribution < 1.29 is 14.7 Å². The molecule has 96 valence electrons. The van der Waals surface area contributed by atoms with Gasteiger partial charge in [0.1, 0.15) is 5.82 Å². The molecular formula is C10H11N3O5. The molecule has 0 aromatic carbocycles. The first-order valence-electron chi connectivity index (χ1n) is 5.35. The molecule has 1 aromatic rings. The Labute approximate surface area is 100 Å². The number of H-pyrrole nitrogens is 1. The number of anilines is 1. The molecule has 1 aromatic heterocycles. The number of aliphatic carboxylic acids is 1. The number of nitrogens with one attached hydrogen (secondary N) is 2. The number of carboxylic acid groups (broad SMARTS) is 1. The van der Waals surface area contributed by atoms with Crippen LogP contribution in [0, 0.1) is 0 Å². The van der Waals surface area contributed by atoms with E-state index < -0.39 is 35.5 Å². The molecule has 3 N–H and O–H groups in total. The van der Waals surface area contributed by atoms with Gasteiger partial charge in [0.25, 0.3) is 5.56 Å². The van der Waals surface area contributed by atoms with E-state index >= 15 is 0 Å². The number of rotatable bonds is 3. The predicted octanol–water partition coefficient (Wildman–Crippen LogP) is -0.933. The van der Waals surface area contributed by atoms with E-state index in [1.165, 1.54) is 4.57 Å². The maximum absolute atomic E-state index is 11.7. The van der Waals surface area contributed by atoms with E-state index in [0.29, 0.717) is 0 Å². The predicted molar refractivity (Wildman–Crippen MR) is 60.6 cm³/mol. The van der Waals surface area contributed by atoms with Crippen molar-refractivity contribution in [3.8, 4) is 0 Å². The second-order valence-corrected chi connectivity index (χ2v) is 3.91. The average Bonchev–Trinajstić information content (AvgIpc) is 2.56. The summed E-state index contributed by atoms with van der Waals surface area (Å²) in [5.74, 6) is -2.72. The Morgan fingerprint density at radius 3 is 2.61 bits per heavy atom. The fourth-order valence-electron chi connectivity index (χ4n) is 2.05. The van der Waals surface area contributed by atoms with Crippen LogP contribution in [0.1, 0.15) is 24.8 Å². The third-order valence-electron chi connectivity index (χ3n) is 2.84. The summed E-state index contributed by atoms with van der Waals surface area (Å²) in [5, 5.41) is 11.1. The van der Waals surface area contributed by atoms with E-state index in [2.05, 4.69) is 10.3 Å². The van der Waals surface area contributed by atoms with Crippen molar-refractivity contribution in [2.45, 2.75) is 25.8 Å². The van der Waals surface area contributed by atoms with Gasteiger partial charge in [-0.2, -0.15) is 0 Å². The summed E-state index contributed by atoms with van der Waals surface area (Å²) in [6.07, 6.45) is -0.482. The lowest BCUT2D eigenvalue weighted by Crippen LogP contribution is -2.32. The van der Waals surface area contributed by atoms with Crippen molar-refractivity contribution in [2.24, 2.45) is 0 Å². The van der Waals surface area contributed by atoms with Crippen LogP contribution in [0.3, 0.4) is 0 Å². The summed E-state index contributed by atoms with van der Waals surface area (Å²) in [4.78, 5) is 47.6. The summed E-state index contributed by atoms with van der Waals surface area (Å²) in [7, 11) is 0. The number of amides is 1. The fraction of sp³-hybridized carbons (Fsp3) is 0.400. The second-order valence-electron chi connectivity index (χ2n) is 3.91. The average molecular weight is 253 g/mol. The first-order chi connectivity index (χ1) is 8.45. The van der Waals surface area contributed by atoms with Crippen LogP contribution in [0.4, 0.5) is 5.82 Å². The molecule has 1 aliphatic rings. The minimum Gasteiger partial charge on any atom is -0.481 e. The summed E-state index contributed by atoms with van der Waals surface area (Å²) in [5.41, 5.74) is -1.33. The number of aromatic nitrogens is 2. The number of carboxylic acids is 1. The smallest absolute Gasteiger partial charge is 0.329 e. The lowest BCUT2D eigenvalue weighted by Gasteiger charge is -2.08. The maximum Gasteiger partial charge on any atom is 0.329 e. The summed E-state index contributed by atoms with van der Waals surface area (Å²) < 4.78 is 1.19. The minimum absolute atomic E-state index is 0.0175. The quantitative estimate of drug-likeness (QED) is 0.642. The van der Waals surface area contributed by atoms with Gasteiger partial charge < -0.3 is 10.4 Å². The lowest BCUT2D eigenvalue weighted by atomic mass is 10.00. The molecule has 0 radical (unpaired) electrons. The van der Waals surface area contributed by atoms with E-state index in [0.717, 1.165) is 0 Å². The Morgan fingerprint density at radius 1 is 1.39 bits per heavy atom. The van der Waals surface area contributed by atoms with Crippen molar-refractivity contribution in [3.63, 3.8) is 0 Å². The highest BCUT2D eigenvalue weighted by atomic mass is 16.4. The molecule has 1 atom stereocenters. The van der Waals surface area contributed by atoms with Crippen LogP contribution in [-0.4, -0.2) is 26.5 Å². The van der Waals surface area contributed by atoms with Crippen LogP contribution in [0.15, 0.2) is 9.59 Å². The largest absolute Gasteiger partial charge is 0.481 e. The third-order valence-corrected chi connectivity index (χ3v) is 2.84. The van der Waals surface area contributed by atoms with E-state index in [1.54, 1.807) is 6.92 Å². The molecule has 2 heterocycles. The van der Waals surface area contributed by atoms with Crippen LogP contribution in [0.2, 0.25) is 0 Å². The number of hydrogen-bond donors (Lipinski definition) is 3. The van der Waals surface area contributed by atoms with Crippen LogP contribution >= 0.6 is 0 Å². The molecule has 0 spiro atoms. The van der Waals surface area contributed by atoms with Gasteiger partial charge in [0.05, 0.1) is 17.9 Å². The Kier molecular flexibility index (Phi) is 2.77. The SMILES string of the molecule is CCn1c2c(c(=O)[nH]c1=O)C(CC(=O)O)C(=O)N2. The first-order valence-corrected chi connectivity index (χ1v) is 5.35. The Morgan fingerprint density at radius 2 is 2.06 bits per heavy atom. The molecule has 8 heteroatoms. The zero-order valence-electron chi connectivity index (χ0n) is 9.52. The number of nitrogens with zero attached hydrogens (tertiary/aromatic N) is 1. The van der Waals surface area contributed by atoms with Gasteiger partial charge in [0.15, 0.2) is 0 Å². The monoisotopic (exact) mass is 253 g/mol. The molecule has 1 unspecified atom stereocenters. The number of carbonyl (C=O) groups is 2. The molecule has 0 saturated carbocycles. The third kappa shape index (κ3) is 1.71. The molecule has 1 aliphatic heterocycles. The Balaban J connectivity index is 2.66. The summed E-state index contributed by atoms with van der Waals surface area (Å²) in [6, 6.07) is 0. The van der Waals surface area contributed by atoms with Crippen molar-refractivity contribution in [2.75, 3.05) is 5.32 Å². The van der Waals surface area contributed by atoms with Gasteiger partial charge >= 0.3 is 11.7 Å². The highest BCUT2D eigenvalue weighted by Crippen LogP contribution is 2.30. The van der Waals surface area contributed by atoms with E-state index in [9.17, 15) is 19.2 Å². The van der Waals surface area contributed by atoms with E-state index in [4.69, 9.17) is 5.11 Å². The van der Waals surface area contributed by atoms with Crippen molar-refractivity contribution in [1.82, 2.24) is 9.55 Å². The number of fused-ring (bicyclic) bond motifs is 1. The number of carbonyl (C=O) groups excluding carboxylic acids is 1. The van der Waals surface area contributed by atoms with Gasteiger partial charge in [-0.25, -0.2) is 4.79 Å². The molecule has 0 bridgehead atoms. The molecule has 0 fully saturated rings. The van der Waals surface area contributed by atoms with E-state index in [-0.39, 0.29) is 17.9 Å². The number of aromatic amines is 1. The van der Waals surface area contributed by atoms with Gasteiger partial charge in [-0.3, -0.25) is 23.9 Å². The van der Waals surface area contributed by atoms with Crippen LogP contribution in [-0.2, 0) is 16.1 Å². The normalized spacial score (nSPS) is 17.4. The van der Waals surface area contributed by atoms with Crippen LogP contribution < -0.4 is 16.6 Å². The Hall–Kier alpha value is -2.38. The van der Waals surface area contributed by atoms with Gasteiger partial charge in [0.2, 0.25) is 5.91 Å². The zero-order chi connectivity index (χ0) is 13.4. The van der Waals surface area contributed by atoms with E-state index in [1.807, 2.05) is 0 Å². The standard InChI is InChI=1S/C10H11N3O5/c1-2-13-7-6(9(17)12-10(13)18)4(3-5(14)15)8(16)11-7/h4H,2-3H2,1H3,(H,11,16)(H,14,15)(H,12,17,18). The van der Waals surface area contributed by atoms with Gasteiger partial charge in [-0.15, -0.1) is 0 Å². The molecule has 2 rings (SSSR count). The van der Waals surface area contributed by atoms with Crippen LogP contribution in [0.5, 0.6) is 0 Å². The molecule has 0 aliphatic carbocycles.